The molecule has 1 saturated heterocycles. The Morgan fingerprint density at radius 1 is 0.824 bits per heavy atom. The second-order valence-electron chi connectivity index (χ2n) is 9.05. The van der Waals surface area contributed by atoms with Crippen LogP contribution in [0.15, 0.2) is 81.7 Å². The first-order valence-electron chi connectivity index (χ1n) is 12.1. The standard InChI is InChI=1S/C29H33Br2NO2/c1-33-28-14-4-22(5-15-28)3-2-18-32-19-16-23(17-20-32)21-34-29(24-6-10-26(30)11-7-24)25-8-12-27(31)13-9-25/h4-15,23,29H,2-3,16-21H2,1H3. The zero-order valence-corrected chi connectivity index (χ0v) is 22.9. The van der Waals surface area contributed by atoms with Crippen molar-refractivity contribution >= 4 is 31.9 Å². The smallest absolute Gasteiger partial charge is 0.118 e. The maximum Gasteiger partial charge on any atom is 0.118 e. The Morgan fingerprint density at radius 2 is 1.38 bits per heavy atom. The van der Waals surface area contributed by atoms with E-state index in [1.807, 2.05) is 0 Å². The highest BCUT2D eigenvalue weighted by Crippen LogP contribution is 2.30. The lowest BCUT2D eigenvalue weighted by molar-refractivity contribution is 0.0309. The molecule has 0 aliphatic carbocycles. The topological polar surface area (TPSA) is 21.7 Å². The Labute approximate surface area is 220 Å². The highest BCUT2D eigenvalue weighted by atomic mass is 79.9. The van der Waals surface area contributed by atoms with E-state index in [1.54, 1.807) is 7.11 Å². The lowest BCUT2D eigenvalue weighted by atomic mass is 9.96. The van der Waals surface area contributed by atoms with E-state index < -0.39 is 0 Å². The van der Waals surface area contributed by atoms with E-state index in [-0.39, 0.29) is 6.10 Å². The van der Waals surface area contributed by atoms with Crippen molar-refractivity contribution in [1.29, 1.82) is 0 Å². The Bertz CT molecular complexity index is 952. The summed E-state index contributed by atoms with van der Waals surface area (Å²) in [5.41, 5.74) is 3.78. The highest BCUT2D eigenvalue weighted by Gasteiger charge is 2.22. The molecule has 0 N–H and O–H groups in total. The number of likely N-dealkylation sites (tertiary alicyclic amines) is 1. The van der Waals surface area contributed by atoms with Crippen LogP contribution in [0.5, 0.6) is 5.75 Å². The molecule has 0 bridgehead atoms. The number of aryl methyl sites for hydroxylation is 1. The van der Waals surface area contributed by atoms with Gasteiger partial charge in [-0.2, -0.15) is 0 Å². The summed E-state index contributed by atoms with van der Waals surface area (Å²) in [5.74, 6) is 1.54. The van der Waals surface area contributed by atoms with Crippen molar-refractivity contribution in [2.24, 2.45) is 5.92 Å². The number of piperidine rings is 1. The largest absolute Gasteiger partial charge is 0.497 e. The molecule has 1 aliphatic rings. The molecule has 3 nitrogen and oxygen atoms in total. The van der Waals surface area contributed by atoms with Gasteiger partial charge in [-0.25, -0.2) is 0 Å². The summed E-state index contributed by atoms with van der Waals surface area (Å²) in [5, 5.41) is 0. The van der Waals surface area contributed by atoms with E-state index in [9.17, 15) is 0 Å². The van der Waals surface area contributed by atoms with Gasteiger partial charge in [0.1, 0.15) is 11.9 Å². The molecule has 0 unspecified atom stereocenters. The second kappa shape index (κ2) is 12.9. The molecule has 5 heteroatoms. The van der Waals surface area contributed by atoms with Crippen LogP contribution in [0.3, 0.4) is 0 Å². The van der Waals surface area contributed by atoms with Gasteiger partial charge in [0.25, 0.3) is 0 Å². The molecule has 0 atom stereocenters. The van der Waals surface area contributed by atoms with Crippen molar-refractivity contribution < 1.29 is 9.47 Å². The Balaban J connectivity index is 1.25. The first-order valence-corrected chi connectivity index (χ1v) is 13.7. The zero-order valence-electron chi connectivity index (χ0n) is 19.8. The summed E-state index contributed by atoms with van der Waals surface area (Å²) in [4.78, 5) is 2.61. The van der Waals surface area contributed by atoms with E-state index in [2.05, 4.69) is 110 Å². The number of nitrogens with zero attached hydrogens (tertiary/aromatic N) is 1. The molecule has 180 valence electrons. The molecule has 34 heavy (non-hydrogen) atoms. The van der Waals surface area contributed by atoms with Crippen molar-refractivity contribution in [2.75, 3.05) is 33.4 Å². The number of rotatable bonds is 10. The predicted octanol–water partition coefficient (Wildman–Crippen LogP) is 7.67. The average molecular weight is 587 g/mol. The fourth-order valence-corrected chi connectivity index (χ4v) is 5.10. The molecule has 1 fully saturated rings. The van der Waals surface area contributed by atoms with Gasteiger partial charge in [0.15, 0.2) is 0 Å². The molecule has 0 radical (unpaired) electrons. The van der Waals surface area contributed by atoms with Gasteiger partial charge < -0.3 is 14.4 Å². The SMILES string of the molecule is COc1ccc(CCCN2CCC(COC(c3ccc(Br)cc3)c3ccc(Br)cc3)CC2)cc1. The Morgan fingerprint density at radius 3 is 1.91 bits per heavy atom. The van der Waals surface area contributed by atoms with Crippen molar-refractivity contribution in [2.45, 2.75) is 31.8 Å². The lowest BCUT2D eigenvalue weighted by Crippen LogP contribution is -2.36. The van der Waals surface area contributed by atoms with Gasteiger partial charge in [0.2, 0.25) is 0 Å². The fourth-order valence-electron chi connectivity index (χ4n) is 4.57. The number of benzene rings is 3. The van der Waals surface area contributed by atoms with Crippen LogP contribution in [0.25, 0.3) is 0 Å². The van der Waals surface area contributed by atoms with Crippen molar-refractivity contribution in [3.05, 3.63) is 98.4 Å². The van der Waals surface area contributed by atoms with Crippen molar-refractivity contribution in [3.63, 3.8) is 0 Å². The van der Waals surface area contributed by atoms with Crippen LogP contribution >= 0.6 is 31.9 Å². The number of ether oxygens (including phenoxy) is 2. The first-order chi connectivity index (χ1) is 16.6. The average Bonchev–Trinajstić information content (AvgIpc) is 2.87. The van der Waals surface area contributed by atoms with Crippen LogP contribution in [0, 0.1) is 5.92 Å². The minimum absolute atomic E-state index is 0.0382. The van der Waals surface area contributed by atoms with Crippen molar-refractivity contribution in [3.8, 4) is 5.75 Å². The third-order valence-electron chi connectivity index (χ3n) is 6.65. The molecular formula is C29H33Br2NO2. The molecule has 1 heterocycles. The van der Waals surface area contributed by atoms with E-state index in [4.69, 9.17) is 9.47 Å². The number of hydrogen-bond donors (Lipinski definition) is 0. The van der Waals surface area contributed by atoms with Gasteiger partial charge in [-0.3, -0.25) is 0 Å². The summed E-state index contributed by atoms with van der Waals surface area (Å²) in [6.45, 7) is 4.30. The fraction of sp³-hybridized carbons (Fsp3) is 0.379. The van der Waals surface area contributed by atoms with Crippen LogP contribution < -0.4 is 4.74 Å². The van der Waals surface area contributed by atoms with Crippen LogP contribution in [0.1, 0.15) is 42.1 Å². The van der Waals surface area contributed by atoms with Gasteiger partial charge in [-0.1, -0.05) is 68.3 Å². The Hall–Kier alpha value is -1.66. The minimum atomic E-state index is -0.0382. The maximum atomic E-state index is 6.57. The summed E-state index contributed by atoms with van der Waals surface area (Å²) >= 11 is 7.10. The molecule has 0 amide bonds. The molecule has 3 aromatic carbocycles. The third-order valence-corrected chi connectivity index (χ3v) is 7.71. The molecule has 0 saturated carbocycles. The van der Waals surface area contributed by atoms with E-state index in [0.717, 1.165) is 40.8 Å². The number of halogens is 2. The molecule has 3 aromatic rings. The van der Waals surface area contributed by atoms with Gasteiger partial charge in [0, 0.05) is 8.95 Å². The summed E-state index contributed by atoms with van der Waals surface area (Å²) in [7, 11) is 1.71. The summed E-state index contributed by atoms with van der Waals surface area (Å²) < 4.78 is 14.0. The normalized spacial score (nSPS) is 15.1. The van der Waals surface area contributed by atoms with Gasteiger partial charge in [-0.15, -0.1) is 0 Å². The predicted molar refractivity (Wildman–Crippen MR) is 147 cm³/mol. The summed E-state index contributed by atoms with van der Waals surface area (Å²) in [6, 6.07) is 25.4. The van der Waals surface area contributed by atoms with Gasteiger partial charge in [-0.05, 0) is 104 Å². The van der Waals surface area contributed by atoms with Crippen molar-refractivity contribution in [1.82, 2.24) is 4.90 Å². The molecule has 1 aliphatic heterocycles. The number of methoxy groups -OCH3 is 1. The maximum absolute atomic E-state index is 6.57. The van der Waals surface area contributed by atoms with Gasteiger partial charge >= 0.3 is 0 Å². The van der Waals surface area contributed by atoms with Gasteiger partial charge in [0.05, 0.1) is 13.7 Å². The molecule has 4 rings (SSSR count). The third kappa shape index (κ3) is 7.42. The number of hydrogen-bond acceptors (Lipinski definition) is 3. The van der Waals surface area contributed by atoms with Crippen LogP contribution in [0.4, 0.5) is 0 Å². The minimum Gasteiger partial charge on any atom is -0.497 e. The second-order valence-corrected chi connectivity index (χ2v) is 10.9. The van der Waals surface area contributed by atoms with E-state index in [0.29, 0.717) is 5.92 Å². The Kier molecular flexibility index (Phi) is 9.63. The molecule has 0 aromatic heterocycles. The quantitative estimate of drug-likeness (QED) is 0.243. The molecule has 0 spiro atoms. The zero-order chi connectivity index (χ0) is 23.8. The first kappa shape index (κ1) is 25.4. The lowest BCUT2D eigenvalue weighted by Gasteiger charge is -2.32. The van der Waals surface area contributed by atoms with E-state index >= 15 is 0 Å². The van der Waals surface area contributed by atoms with Crippen LogP contribution in [-0.4, -0.2) is 38.3 Å². The molecular weight excluding hydrogens is 554 g/mol. The highest BCUT2D eigenvalue weighted by molar-refractivity contribution is 9.10. The van der Waals surface area contributed by atoms with Crippen LogP contribution in [0.2, 0.25) is 0 Å². The monoisotopic (exact) mass is 585 g/mol. The van der Waals surface area contributed by atoms with Crippen LogP contribution in [-0.2, 0) is 11.2 Å². The van der Waals surface area contributed by atoms with E-state index in [1.165, 1.54) is 42.5 Å². The summed E-state index contributed by atoms with van der Waals surface area (Å²) in [6.07, 6.45) is 4.69.